The van der Waals surface area contributed by atoms with E-state index in [1.807, 2.05) is 31.2 Å². The number of aromatic nitrogens is 1. The van der Waals surface area contributed by atoms with E-state index < -0.39 is 6.04 Å². The fourth-order valence-electron chi connectivity index (χ4n) is 4.52. The summed E-state index contributed by atoms with van der Waals surface area (Å²) in [5, 5.41) is 5.82. The van der Waals surface area contributed by atoms with Gasteiger partial charge in [-0.05, 0) is 36.8 Å². The zero-order valence-corrected chi connectivity index (χ0v) is 20.3. The molecule has 1 aromatic carbocycles. The van der Waals surface area contributed by atoms with Crippen LogP contribution in [0.25, 0.3) is 0 Å². The second-order valence-corrected chi connectivity index (χ2v) is 9.62. The SMILES string of the molecule is CCCCC(NC(=O)c1[nH]c2c(c1C)C(=O)CC(C)(C)C2)C(=O)NCc1ccccc1OC. The molecule has 0 saturated heterocycles. The van der Waals surface area contributed by atoms with Crippen molar-refractivity contribution in [2.24, 2.45) is 5.41 Å². The molecule has 1 aromatic heterocycles. The molecule has 0 fully saturated rings. The minimum absolute atomic E-state index is 0.0612. The van der Waals surface area contributed by atoms with Crippen molar-refractivity contribution in [3.8, 4) is 5.75 Å². The van der Waals surface area contributed by atoms with Gasteiger partial charge in [-0.15, -0.1) is 0 Å². The second-order valence-electron chi connectivity index (χ2n) is 9.62. The maximum Gasteiger partial charge on any atom is 0.268 e. The summed E-state index contributed by atoms with van der Waals surface area (Å²) in [5.74, 6) is 0.160. The van der Waals surface area contributed by atoms with Crippen LogP contribution in [0.15, 0.2) is 24.3 Å². The Balaban J connectivity index is 1.74. The number of aromatic amines is 1. The number of nitrogens with one attached hydrogen (secondary N) is 3. The Morgan fingerprint density at radius 2 is 1.94 bits per heavy atom. The van der Waals surface area contributed by atoms with E-state index in [0.29, 0.717) is 48.4 Å². The first-order valence-corrected chi connectivity index (χ1v) is 11.6. The van der Waals surface area contributed by atoms with Gasteiger partial charge in [-0.25, -0.2) is 0 Å². The standard InChI is InChI=1S/C26H35N3O4/c1-6-7-11-18(24(31)27-15-17-10-8-9-12-21(17)33-5)29-25(32)23-16(2)22-19(28-23)13-26(3,4)14-20(22)30/h8-10,12,18,28H,6-7,11,13-15H2,1-5H3,(H,27,31)(H,29,32). The van der Waals surface area contributed by atoms with Crippen molar-refractivity contribution in [2.45, 2.75) is 72.4 Å². The highest BCUT2D eigenvalue weighted by Crippen LogP contribution is 2.36. The summed E-state index contributed by atoms with van der Waals surface area (Å²) < 4.78 is 5.35. The number of fused-ring (bicyclic) bond motifs is 1. The molecule has 1 heterocycles. The number of carbonyl (C=O) groups excluding carboxylic acids is 3. The molecular formula is C26H35N3O4. The molecule has 2 amide bonds. The Kier molecular flexibility index (Phi) is 7.61. The summed E-state index contributed by atoms with van der Waals surface area (Å²) in [7, 11) is 1.59. The molecule has 178 valence electrons. The molecule has 0 bridgehead atoms. The highest BCUT2D eigenvalue weighted by molar-refractivity contribution is 6.05. The van der Waals surface area contributed by atoms with Gasteiger partial charge in [-0.1, -0.05) is 51.8 Å². The number of unbranched alkanes of at least 4 members (excludes halogenated alkanes) is 1. The second kappa shape index (κ2) is 10.2. The molecule has 2 aromatic rings. The predicted octanol–water partition coefficient (Wildman–Crippen LogP) is 4.09. The van der Waals surface area contributed by atoms with Crippen LogP contribution in [0.2, 0.25) is 0 Å². The van der Waals surface area contributed by atoms with E-state index >= 15 is 0 Å². The van der Waals surface area contributed by atoms with E-state index in [9.17, 15) is 14.4 Å². The van der Waals surface area contributed by atoms with Gasteiger partial charge in [-0.3, -0.25) is 14.4 Å². The first kappa shape index (κ1) is 24.6. The van der Waals surface area contributed by atoms with Gasteiger partial charge in [0.2, 0.25) is 5.91 Å². The van der Waals surface area contributed by atoms with Crippen LogP contribution in [0.1, 0.15) is 84.1 Å². The molecule has 1 atom stereocenters. The Morgan fingerprint density at radius 1 is 1.21 bits per heavy atom. The summed E-state index contributed by atoms with van der Waals surface area (Å²) in [4.78, 5) is 42.0. The molecule has 0 spiro atoms. The summed E-state index contributed by atoms with van der Waals surface area (Å²) in [6.07, 6.45) is 3.42. The number of ketones is 1. The van der Waals surface area contributed by atoms with Crippen LogP contribution >= 0.6 is 0 Å². The van der Waals surface area contributed by atoms with Gasteiger partial charge in [0, 0.05) is 29.8 Å². The van der Waals surface area contributed by atoms with Crippen LogP contribution in [0.3, 0.4) is 0 Å². The molecule has 7 nitrogen and oxygen atoms in total. The maximum atomic E-state index is 13.2. The topological polar surface area (TPSA) is 100 Å². The van der Waals surface area contributed by atoms with Crippen LogP contribution < -0.4 is 15.4 Å². The summed E-state index contributed by atoms with van der Waals surface area (Å²) in [6.45, 7) is 8.25. The molecule has 0 aliphatic heterocycles. The number of ether oxygens (including phenoxy) is 1. The Hall–Kier alpha value is -3.09. The van der Waals surface area contributed by atoms with Crippen molar-refractivity contribution in [3.05, 3.63) is 52.3 Å². The third-order valence-electron chi connectivity index (χ3n) is 6.24. The number of H-pyrrole nitrogens is 1. The van der Waals surface area contributed by atoms with Crippen LogP contribution in [-0.4, -0.2) is 35.7 Å². The van der Waals surface area contributed by atoms with Crippen molar-refractivity contribution in [1.82, 2.24) is 15.6 Å². The molecule has 1 unspecified atom stereocenters. The zero-order chi connectivity index (χ0) is 24.2. The van der Waals surface area contributed by atoms with Crippen LogP contribution in [0.5, 0.6) is 5.75 Å². The van der Waals surface area contributed by atoms with Gasteiger partial charge in [0.1, 0.15) is 17.5 Å². The van der Waals surface area contributed by atoms with Crippen LogP contribution in [0, 0.1) is 12.3 Å². The summed E-state index contributed by atoms with van der Waals surface area (Å²) >= 11 is 0. The van der Waals surface area contributed by atoms with Gasteiger partial charge >= 0.3 is 0 Å². The number of carbonyl (C=O) groups is 3. The lowest BCUT2D eigenvalue weighted by molar-refractivity contribution is -0.123. The molecule has 3 rings (SSSR count). The van der Waals surface area contributed by atoms with Gasteiger partial charge in [-0.2, -0.15) is 0 Å². The number of benzene rings is 1. The molecule has 1 aliphatic carbocycles. The summed E-state index contributed by atoms with van der Waals surface area (Å²) in [5.41, 5.74) is 3.19. The van der Waals surface area contributed by atoms with Crippen molar-refractivity contribution >= 4 is 17.6 Å². The smallest absolute Gasteiger partial charge is 0.268 e. The molecule has 33 heavy (non-hydrogen) atoms. The third kappa shape index (κ3) is 5.64. The van der Waals surface area contributed by atoms with Gasteiger partial charge in [0.05, 0.1) is 7.11 Å². The van der Waals surface area contributed by atoms with Crippen molar-refractivity contribution in [2.75, 3.05) is 7.11 Å². The van der Waals surface area contributed by atoms with E-state index in [1.54, 1.807) is 14.0 Å². The predicted molar refractivity (Wildman–Crippen MR) is 128 cm³/mol. The lowest BCUT2D eigenvalue weighted by Crippen LogP contribution is -2.46. The molecule has 0 radical (unpaired) electrons. The minimum Gasteiger partial charge on any atom is -0.496 e. The van der Waals surface area contributed by atoms with E-state index in [1.165, 1.54) is 0 Å². The van der Waals surface area contributed by atoms with E-state index in [-0.39, 0.29) is 23.0 Å². The average Bonchev–Trinajstić information content (AvgIpc) is 3.10. The van der Waals surface area contributed by atoms with Crippen molar-refractivity contribution < 1.29 is 19.1 Å². The molecule has 1 aliphatic rings. The number of hydrogen-bond donors (Lipinski definition) is 3. The highest BCUT2D eigenvalue weighted by atomic mass is 16.5. The van der Waals surface area contributed by atoms with Crippen molar-refractivity contribution in [3.63, 3.8) is 0 Å². The molecule has 0 saturated carbocycles. The lowest BCUT2D eigenvalue weighted by atomic mass is 9.75. The maximum absolute atomic E-state index is 13.2. The average molecular weight is 454 g/mol. The van der Waals surface area contributed by atoms with E-state index in [2.05, 4.69) is 29.5 Å². The minimum atomic E-state index is -0.668. The molecule has 3 N–H and O–H groups in total. The molecular weight excluding hydrogens is 418 g/mol. The van der Waals surface area contributed by atoms with Crippen molar-refractivity contribution in [1.29, 1.82) is 0 Å². The van der Waals surface area contributed by atoms with E-state index in [0.717, 1.165) is 24.1 Å². The largest absolute Gasteiger partial charge is 0.496 e. The fourth-order valence-corrected chi connectivity index (χ4v) is 4.52. The fraction of sp³-hybridized carbons (Fsp3) is 0.500. The van der Waals surface area contributed by atoms with E-state index in [4.69, 9.17) is 4.74 Å². The zero-order valence-electron chi connectivity index (χ0n) is 20.3. The highest BCUT2D eigenvalue weighted by Gasteiger charge is 2.35. The number of Topliss-reactive ketones (excluding diaryl/α,β-unsaturated/α-hetero) is 1. The number of methoxy groups -OCH3 is 1. The number of hydrogen-bond acceptors (Lipinski definition) is 4. The monoisotopic (exact) mass is 453 g/mol. The van der Waals surface area contributed by atoms with Crippen LogP contribution in [0.4, 0.5) is 0 Å². The number of para-hydroxylation sites is 1. The Morgan fingerprint density at radius 3 is 2.64 bits per heavy atom. The van der Waals surface area contributed by atoms with Gasteiger partial charge in [0.25, 0.3) is 5.91 Å². The molecule has 7 heteroatoms. The number of amides is 2. The Bertz CT molecular complexity index is 1040. The first-order valence-electron chi connectivity index (χ1n) is 11.6. The number of rotatable bonds is 9. The Labute approximate surface area is 195 Å². The van der Waals surface area contributed by atoms with Crippen LogP contribution in [-0.2, 0) is 17.8 Å². The quantitative estimate of drug-likeness (QED) is 0.532. The first-order chi connectivity index (χ1) is 15.7. The normalized spacial score (nSPS) is 15.5. The van der Waals surface area contributed by atoms with Gasteiger partial charge in [0.15, 0.2) is 5.78 Å². The lowest BCUT2D eigenvalue weighted by Gasteiger charge is -2.28. The third-order valence-corrected chi connectivity index (χ3v) is 6.24. The summed E-state index contributed by atoms with van der Waals surface area (Å²) in [6, 6.07) is 6.83. The van der Waals surface area contributed by atoms with Gasteiger partial charge < -0.3 is 20.4 Å².